The van der Waals surface area contributed by atoms with Crippen LogP contribution in [0, 0.1) is 11.8 Å². The van der Waals surface area contributed by atoms with Gasteiger partial charge in [0.25, 0.3) is 0 Å². The first-order valence-corrected chi connectivity index (χ1v) is 9.86. The highest BCUT2D eigenvalue weighted by molar-refractivity contribution is 5.94. The van der Waals surface area contributed by atoms with Crippen LogP contribution in [0.5, 0.6) is 0 Å². The van der Waals surface area contributed by atoms with Gasteiger partial charge in [0.15, 0.2) is 5.78 Å². The first-order chi connectivity index (χ1) is 12.7. The molecule has 0 aromatic rings. The van der Waals surface area contributed by atoms with E-state index in [-0.39, 0.29) is 30.1 Å². The van der Waals surface area contributed by atoms with Crippen LogP contribution in [0.4, 0.5) is 0 Å². The van der Waals surface area contributed by atoms with Crippen molar-refractivity contribution in [2.45, 2.75) is 71.6 Å². The summed E-state index contributed by atoms with van der Waals surface area (Å²) in [5, 5.41) is 18.2. The van der Waals surface area contributed by atoms with E-state index >= 15 is 0 Å². The minimum absolute atomic E-state index is 0.114. The van der Waals surface area contributed by atoms with E-state index in [4.69, 9.17) is 5.73 Å². The zero-order valence-electron chi connectivity index (χ0n) is 17.4. The van der Waals surface area contributed by atoms with Gasteiger partial charge in [-0.1, -0.05) is 33.6 Å². The van der Waals surface area contributed by atoms with Gasteiger partial charge in [0.2, 0.25) is 11.8 Å². The predicted molar refractivity (Wildman–Crippen MR) is 106 cm³/mol. The van der Waals surface area contributed by atoms with E-state index in [0.29, 0.717) is 19.4 Å². The highest BCUT2D eigenvalue weighted by Crippen LogP contribution is 2.13. The minimum Gasteiger partial charge on any atom is -0.391 e. The lowest BCUT2D eigenvalue weighted by molar-refractivity contribution is -0.135. The summed E-state index contributed by atoms with van der Waals surface area (Å²) in [6.45, 7) is 7.64. The molecule has 4 atom stereocenters. The van der Waals surface area contributed by atoms with Crippen molar-refractivity contribution in [3.8, 4) is 0 Å². The van der Waals surface area contributed by atoms with E-state index in [9.17, 15) is 19.5 Å². The maximum atomic E-state index is 12.6. The van der Waals surface area contributed by atoms with Crippen LogP contribution in [0.3, 0.4) is 0 Å². The lowest BCUT2D eigenvalue weighted by atomic mass is 9.96. The van der Waals surface area contributed by atoms with E-state index < -0.39 is 24.1 Å². The highest BCUT2D eigenvalue weighted by Gasteiger charge is 2.31. The topological polar surface area (TPSA) is 134 Å². The minimum atomic E-state index is -1.13. The number of Topliss-reactive ketones (excluding diaryl/α,β-unsaturated/α-hetero) is 1. The van der Waals surface area contributed by atoms with E-state index in [1.165, 1.54) is 6.92 Å². The fourth-order valence-corrected chi connectivity index (χ4v) is 2.83. The maximum Gasteiger partial charge on any atom is 0.245 e. The lowest BCUT2D eigenvalue weighted by Crippen LogP contribution is -2.58. The molecule has 0 heterocycles. The molecule has 8 heteroatoms. The fraction of sp³-hybridized carbons (Fsp3) is 0.842. The molecule has 0 aliphatic rings. The summed E-state index contributed by atoms with van der Waals surface area (Å²) in [5.41, 5.74) is 5.60. The van der Waals surface area contributed by atoms with Crippen molar-refractivity contribution in [1.29, 1.82) is 0 Å². The Balaban J connectivity index is 5.14. The van der Waals surface area contributed by atoms with Crippen molar-refractivity contribution in [1.82, 2.24) is 16.0 Å². The van der Waals surface area contributed by atoms with Gasteiger partial charge in [0, 0.05) is 18.4 Å². The summed E-state index contributed by atoms with van der Waals surface area (Å²) in [7, 11) is 1.69. The first kappa shape index (κ1) is 25.5. The number of aliphatic hydroxyl groups is 1. The van der Waals surface area contributed by atoms with Crippen LogP contribution in [-0.2, 0) is 14.4 Å². The van der Waals surface area contributed by atoms with Gasteiger partial charge in [-0.05, 0) is 33.4 Å². The van der Waals surface area contributed by atoms with Crippen molar-refractivity contribution in [2.75, 3.05) is 20.1 Å². The Morgan fingerprint density at radius 2 is 1.67 bits per heavy atom. The number of likely N-dealkylation sites (N-methyl/N-ethyl adjacent to an activating group) is 1. The molecule has 2 unspecified atom stereocenters. The Morgan fingerprint density at radius 3 is 2.11 bits per heavy atom. The molecule has 0 saturated carbocycles. The van der Waals surface area contributed by atoms with Crippen molar-refractivity contribution >= 4 is 17.6 Å². The number of hydrogen-bond donors (Lipinski definition) is 5. The molecule has 0 spiro atoms. The van der Waals surface area contributed by atoms with Crippen molar-refractivity contribution in [2.24, 2.45) is 17.6 Å². The Morgan fingerprint density at radius 1 is 1.04 bits per heavy atom. The number of ketones is 1. The molecule has 0 aliphatic carbocycles. The second-order valence-corrected chi connectivity index (χ2v) is 7.32. The zero-order chi connectivity index (χ0) is 21.0. The molecule has 0 rings (SSSR count). The van der Waals surface area contributed by atoms with Crippen molar-refractivity contribution in [3.05, 3.63) is 0 Å². The van der Waals surface area contributed by atoms with Gasteiger partial charge in [-0.25, -0.2) is 0 Å². The molecule has 0 radical (unpaired) electrons. The predicted octanol–water partition coefficient (Wildman–Crippen LogP) is -0.0635. The molecular formula is C19H38N4O4. The number of unbranched alkanes of at least 4 members (excludes halogenated alkanes) is 1. The summed E-state index contributed by atoms with van der Waals surface area (Å²) in [6.07, 6.45) is 1.95. The quantitative estimate of drug-likeness (QED) is 0.284. The zero-order valence-corrected chi connectivity index (χ0v) is 17.4. The summed E-state index contributed by atoms with van der Waals surface area (Å²) in [6, 6.07) is -1.85. The van der Waals surface area contributed by atoms with Crippen molar-refractivity contribution < 1.29 is 19.5 Å². The van der Waals surface area contributed by atoms with Crippen LogP contribution >= 0.6 is 0 Å². The van der Waals surface area contributed by atoms with Gasteiger partial charge < -0.3 is 26.8 Å². The molecule has 6 N–H and O–H groups in total. The third-order valence-corrected chi connectivity index (χ3v) is 4.49. The molecular weight excluding hydrogens is 348 g/mol. The van der Waals surface area contributed by atoms with Gasteiger partial charge in [-0.3, -0.25) is 14.4 Å². The number of amides is 2. The van der Waals surface area contributed by atoms with Gasteiger partial charge >= 0.3 is 0 Å². The first-order valence-electron chi connectivity index (χ1n) is 9.86. The average molecular weight is 387 g/mol. The van der Waals surface area contributed by atoms with E-state index in [1.807, 2.05) is 6.92 Å². The number of carbonyl (C=O) groups is 3. The molecule has 0 bridgehead atoms. The monoisotopic (exact) mass is 386 g/mol. The molecule has 0 aromatic heterocycles. The summed E-state index contributed by atoms with van der Waals surface area (Å²) >= 11 is 0. The maximum absolute atomic E-state index is 12.6. The molecule has 0 aliphatic heterocycles. The normalized spacial score (nSPS) is 15.7. The number of hydrogen-bond acceptors (Lipinski definition) is 6. The van der Waals surface area contributed by atoms with Gasteiger partial charge in [0.1, 0.15) is 12.1 Å². The number of carbonyl (C=O) groups excluding carboxylic acids is 3. The van der Waals surface area contributed by atoms with Crippen LogP contribution in [0.25, 0.3) is 0 Å². The Labute approximate surface area is 163 Å². The smallest absolute Gasteiger partial charge is 0.245 e. The third-order valence-electron chi connectivity index (χ3n) is 4.49. The van der Waals surface area contributed by atoms with E-state index in [0.717, 1.165) is 12.8 Å². The van der Waals surface area contributed by atoms with Crippen LogP contribution in [0.1, 0.15) is 53.4 Å². The molecule has 2 amide bonds. The standard InChI is InChI=1S/C19H38N4O4/c1-6-7-8-14(9-10-20)18(26)23-16(13(4)24)19(27)22-15(11-21-5)17(25)12(2)3/h12-16,21,24H,6-11,20H2,1-5H3,(H,22,27)(H,23,26)/t13?,14?,15-,16-/m0/s1. The van der Waals surface area contributed by atoms with E-state index in [1.54, 1.807) is 20.9 Å². The number of rotatable bonds is 14. The Bertz CT molecular complexity index is 469. The Hall–Kier alpha value is -1.51. The van der Waals surface area contributed by atoms with Gasteiger partial charge in [0.05, 0.1) is 6.10 Å². The molecule has 27 heavy (non-hydrogen) atoms. The fourth-order valence-electron chi connectivity index (χ4n) is 2.83. The lowest BCUT2D eigenvalue weighted by Gasteiger charge is -2.26. The van der Waals surface area contributed by atoms with Crippen molar-refractivity contribution in [3.63, 3.8) is 0 Å². The molecule has 8 nitrogen and oxygen atoms in total. The van der Waals surface area contributed by atoms with Crippen LogP contribution in [0.2, 0.25) is 0 Å². The Kier molecular flexibility index (Phi) is 12.9. The highest BCUT2D eigenvalue weighted by atomic mass is 16.3. The third kappa shape index (κ3) is 9.30. The number of aliphatic hydroxyl groups excluding tert-OH is 1. The summed E-state index contributed by atoms with van der Waals surface area (Å²) < 4.78 is 0. The van der Waals surface area contributed by atoms with Crippen LogP contribution < -0.4 is 21.7 Å². The second kappa shape index (κ2) is 13.6. The molecule has 158 valence electrons. The van der Waals surface area contributed by atoms with Gasteiger partial charge in [-0.2, -0.15) is 0 Å². The van der Waals surface area contributed by atoms with Gasteiger partial charge in [-0.15, -0.1) is 0 Å². The molecule has 0 aromatic carbocycles. The summed E-state index contributed by atoms with van der Waals surface area (Å²) in [5.74, 6) is -1.53. The molecule has 0 fully saturated rings. The van der Waals surface area contributed by atoms with Crippen LogP contribution in [0.15, 0.2) is 0 Å². The molecule has 0 saturated heterocycles. The van der Waals surface area contributed by atoms with E-state index in [2.05, 4.69) is 16.0 Å². The largest absolute Gasteiger partial charge is 0.391 e. The number of nitrogens with two attached hydrogens (primary N) is 1. The number of nitrogens with one attached hydrogen (secondary N) is 3. The second-order valence-electron chi connectivity index (χ2n) is 7.32. The SMILES string of the molecule is CCCCC(CCN)C(=O)N[C@H](C(=O)N[C@@H](CNC)C(=O)C(C)C)C(C)O. The average Bonchev–Trinajstić information content (AvgIpc) is 2.61. The summed E-state index contributed by atoms with van der Waals surface area (Å²) in [4.78, 5) is 37.5. The van der Waals surface area contributed by atoms with Crippen LogP contribution in [-0.4, -0.2) is 61.0 Å².